The number of hydrogen-bond donors (Lipinski definition) is 1. The van der Waals surface area contributed by atoms with E-state index in [0.29, 0.717) is 23.4 Å². The third-order valence-electron chi connectivity index (χ3n) is 4.41. The number of aryl methyl sites for hydroxylation is 1. The van der Waals surface area contributed by atoms with E-state index in [9.17, 15) is 9.18 Å². The molecule has 1 N–H and O–H groups in total. The molecular weight excluding hydrogens is 343 g/mol. The third-order valence-corrected chi connectivity index (χ3v) is 4.41. The smallest absolute Gasteiger partial charge is 0.255 e. The van der Waals surface area contributed by atoms with Crippen LogP contribution < -0.4 is 5.32 Å². The van der Waals surface area contributed by atoms with Crippen LogP contribution in [0.4, 0.5) is 10.1 Å². The van der Waals surface area contributed by atoms with Crippen LogP contribution in [0.2, 0.25) is 0 Å². The summed E-state index contributed by atoms with van der Waals surface area (Å²) in [5.74, 6) is -0.557. The van der Waals surface area contributed by atoms with Gasteiger partial charge >= 0.3 is 0 Å². The van der Waals surface area contributed by atoms with E-state index in [0.717, 1.165) is 16.6 Å². The molecule has 4 aromatic rings. The van der Waals surface area contributed by atoms with Gasteiger partial charge in [-0.05, 0) is 60.5 Å². The fraction of sp³-hybridized carbons (Fsp3) is 0.0952. The van der Waals surface area contributed by atoms with Gasteiger partial charge in [0.25, 0.3) is 5.91 Å². The molecule has 3 aromatic carbocycles. The number of carbonyl (C=O) groups is 1. The van der Waals surface area contributed by atoms with Crippen LogP contribution in [-0.4, -0.2) is 20.9 Å². The first kappa shape index (κ1) is 16.9. The van der Waals surface area contributed by atoms with Crippen LogP contribution >= 0.6 is 0 Å². The molecule has 0 radical (unpaired) electrons. The second kappa shape index (κ2) is 6.99. The van der Waals surface area contributed by atoms with E-state index in [-0.39, 0.29) is 11.7 Å². The summed E-state index contributed by atoms with van der Waals surface area (Å²) in [6.07, 6.45) is 0. The number of fused-ring (bicyclic) bond motifs is 1. The highest BCUT2D eigenvalue weighted by Gasteiger charge is 2.09. The topological polar surface area (TPSA) is 59.8 Å². The van der Waals surface area contributed by atoms with Crippen molar-refractivity contribution < 1.29 is 9.18 Å². The Kier molecular flexibility index (Phi) is 4.38. The van der Waals surface area contributed by atoms with Gasteiger partial charge < -0.3 is 5.32 Å². The van der Waals surface area contributed by atoms with Crippen molar-refractivity contribution in [3.63, 3.8) is 0 Å². The van der Waals surface area contributed by atoms with Crippen LogP contribution in [-0.2, 0) is 6.54 Å². The summed E-state index contributed by atoms with van der Waals surface area (Å²) in [6.45, 7) is 2.32. The molecule has 0 unspecified atom stereocenters. The van der Waals surface area contributed by atoms with Crippen LogP contribution in [0.25, 0.3) is 11.0 Å². The van der Waals surface area contributed by atoms with Gasteiger partial charge in [0.05, 0.1) is 12.1 Å². The Bertz CT molecular complexity index is 1120. The van der Waals surface area contributed by atoms with Crippen molar-refractivity contribution in [2.75, 3.05) is 5.32 Å². The Morgan fingerprint density at radius 2 is 1.85 bits per heavy atom. The van der Waals surface area contributed by atoms with Crippen molar-refractivity contribution in [2.24, 2.45) is 0 Å². The summed E-state index contributed by atoms with van der Waals surface area (Å²) in [5.41, 5.74) is 4.64. The second-order valence-corrected chi connectivity index (χ2v) is 6.35. The zero-order valence-electron chi connectivity index (χ0n) is 14.7. The maximum absolute atomic E-state index is 13.2. The molecule has 0 bridgehead atoms. The minimum atomic E-state index is -0.324. The molecule has 0 aliphatic carbocycles. The van der Waals surface area contributed by atoms with Crippen LogP contribution in [0.3, 0.4) is 0 Å². The number of nitrogens with one attached hydrogen (secondary N) is 1. The minimum absolute atomic E-state index is 0.234. The standard InChI is InChI=1S/C21H17FN4O/c1-14-12-17(22)10-11-18(14)23-21(27)16-8-6-15(7-9-16)13-26-20-5-3-2-4-19(20)24-25-26/h2-12H,13H2,1H3,(H,23,27). The van der Waals surface area contributed by atoms with Crippen molar-refractivity contribution >= 4 is 22.6 Å². The maximum Gasteiger partial charge on any atom is 0.255 e. The number of amides is 1. The quantitative estimate of drug-likeness (QED) is 0.594. The largest absolute Gasteiger partial charge is 0.322 e. The average molecular weight is 360 g/mol. The highest BCUT2D eigenvalue weighted by Crippen LogP contribution is 2.17. The fourth-order valence-electron chi connectivity index (χ4n) is 2.93. The Balaban J connectivity index is 1.49. The molecule has 1 heterocycles. The first-order valence-corrected chi connectivity index (χ1v) is 8.55. The predicted molar refractivity (Wildman–Crippen MR) is 102 cm³/mol. The number of aromatic nitrogens is 3. The molecule has 0 fully saturated rings. The third kappa shape index (κ3) is 3.55. The number of carbonyl (C=O) groups excluding carboxylic acids is 1. The maximum atomic E-state index is 13.2. The normalized spacial score (nSPS) is 10.9. The van der Waals surface area contributed by atoms with Gasteiger partial charge in [-0.3, -0.25) is 4.79 Å². The summed E-state index contributed by atoms with van der Waals surface area (Å²) >= 11 is 0. The van der Waals surface area contributed by atoms with E-state index in [4.69, 9.17) is 0 Å². The second-order valence-electron chi connectivity index (χ2n) is 6.35. The summed E-state index contributed by atoms with van der Waals surface area (Å²) in [5, 5.41) is 11.1. The van der Waals surface area contributed by atoms with Crippen LogP contribution in [0.1, 0.15) is 21.5 Å². The van der Waals surface area contributed by atoms with E-state index in [1.807, 2.05) is 41.1 Å². The number of anilines is 1. The van der Waals surface area contributed by atoms with Crippen molar-refractivity contribution in [1.82, 2.24) is 15.0 Å². The molecule has 0 aliphatic heterocycles. The number of benzene rings is 3. The lowest BCUT2D eigenvalue weighted by atomic mass is 10.1. The Morgan fingerprint density at radius 1 is 1.07 bits per heavy atom. The molecule has 0 saturated heterocycles. The molecular formula is C21H17FN4O. The first-order valence-electron chi connectivity index (χ1n) is 8.55. The van der Waals surface area contributed by atoms with E-state index < -0.39 is 0 Å². The number of halogens is 1. The van der Waals surface area contributed by atoms with Crippen molar-refractivity contribution in [3.8, 4) is 0 Å². The van der Waals surface area contributed by atoms with Gasteiger partial charge in [-0.25, -0.2) is 9.07 Å². The lowest BCUT2D eigenvalue weighted by molar-refractivity contribution is 0.102. The highest BCUT2D eigenvalue weighted by atomic mass is 19.1. The van der Waals surface area contributed by atoms with Crippen LogP contribution in [0.15, 0.2) is 66.7 Å². The van der Waals surface area contributed by atoms with Crippen LogP contribution in [0.5, 0.6) is 0 Å². The summed E-state index contributed by atoms with van der Waals surface area (Å²) in [4.78, 5) is 12.4. The molecule has 6 heteroatoms. The number of nitrogens with zero attached hydrogens (tertiary/aromatic N) is 3. The van der Waals surface area contributed by atoms with Gasteiger partial charge in [0.2, 0.25) is 0 Å². The lowest BCUT2D eigenvalue weighted by Gasteiger charge is -2.09. The van der Waals surface area contributed by atoms with Gasteiger partial charge in [0.15, 0.2) is 0 Å². The first-order chi connectivity index (χ1) is 13.1. The van der Waals surface area contributed by atoms with Gasteiger partial charge in [-0.15, -0.1) is 5.10 Å². The van der Waals surface area contributed by atoms with Gasteiger partial charge in [-0.2, -0.15) is 0 Å². The summed E-state index contributed by atoms with van der Waals surface area (Å²) < 4.78 is 15.0. The minimum Gasteiger partial charge on any atom is -0.322 e. The van der Waals surface area contributed by atoms with E-state index >= 15 is 0 Å². The molecule has 27 heavy (non-hydrogen) atoms. The SMILES string of the molecule is Cc1cc(F)ccc1NC(=O)c1ccc(Cn2nnc3ccccc32)cc1. The zero-order valence-corrected chi connectivity index (χ0v) is 14.7. The van der Waals surface area contributed by atoms with E-state index in [2.05, 4.69) is 15.6 Å². The summed E-state index contributed by atoms with van der Waals surface area (Å²) in [7, 11) is 0. The molecule has 1 amide bonds. The number of rotatable bonds is 4. The lowest BCUT2D eigenvalue weighted by Crippen LogP contribution is -2.13. The molecule has 0 atom stereocenters. The Morgan fingerprint density at radius 3 is 2.63 bits per heavy atom. The molecule has 134 valence electrons. The summed E-state index contributed by atoms with van der Waals surface area (Å²) in [6, 6.07) is 19.4. The monoisotopic (exact) mass is 360 g/mol. The zero-order chi connectivity index (χ0) is 18.8. The van der Waals surface area contributed by atoms with Crippen LogP contribution in [0, 0.1) is 12.7 Å². The molecule has 4 rings (SSSR count). The van der Waals surface area contributed by atoms with Gasteiger partial charge in [0.1, 0.15) is 11.3 Å². The van der Waals surface area contributed by atoms with Crippen molar-refractivity contribution in [1.29, 1.82) is 0 Å². The molecule has 0 aliphatic rings. The van der Waals surface area contributed by atoms with Gasteiger partial charge in [0, 0.05) is 11.3 Å². The van der Waals surface area contributed by atoms with E-state index in [1.165, 1.54) is 12.1 Å². The van der Waals surface area contributed by atoms with Crippen molar-refractivity contribution in [2.45, 2.75) is 13.5 Å². The van der Waals surface area contributed by atoms with Crippen molar-refractivity contribution in [3.05, 3.63) is 89.2 Å². The molecule has 0 spiro atoms. The number of para-hydroxylation sites is 1. The average Bonchev–Trinajstić information content (AvgIpc) is 3.08. The number of hydrogen-bond acceptors (Lipinski definition) is 3. The Hall–Kier alpha value is -3.54. The molecule has 0 saturated carbocycles. The van der Waals surface area contributed by atoms with E-state index in [1.54, 1.807) is 25.1 Å². The fourth-order valence-corrected chi connectivity index (χ4v) is 2.93. The highest BCUT2D eigenvalue weighted by molar-refractivity contribution is 6.04. The molecule has 1 aromatic heterocycles. The predicted octanol–water partition coefficient (Wildman–Crippen LogP) is 4.18. The Labute approximate surface area is 155 Å². The molecule has 5 nitrogen and oxygen atoms in total. The van der Waals surface area contributed by atoms with Gasteiger partial charge in [-0.1, -0.05) is 29.5 Å².